The van der Waals surface area contributed by atoms with Crippen molar-refractivity contribution in [1.29, 1.82) is 0 Å². The average molecular weight is 363 g/mol. The number of rotatable bonds is 4. The van der Waals surface area contributed by atoms with Gasteiger partial charge < -0.3 is 14.9 Å². The lowest BCUT2D eigenvalue weighted by Crippen LogP contribution is -2.52. The van der Waals surface area contributed by atoms with Crippen molar-refractivity contribution >= 4 is 34.2 Å². The average Bonchev–Trinajstić information content (AvgIpc) is 2.60. The second kappa shape index (κ2) is 7.54. The molecule has 3 rings (SSSR count). The summed E-state index contributed by atoms with van der Waals surface area (Å²) in [5, 5.41) is 11.2. The third-order valence-electron chi connectivity index (χ3n) is 4.43. The molecule has 0 aliphatic carbocycles. The highest BCUT2D eigenvalue weighted by molar-refractivity contribution is 6.28. The summed E-state index contributed by atoms with van der Waals surface area (Å²) in [7, 11) is 0. The summed E-state index contributed by atoms with van der Waals surface area (Å²) < 4.78 is 0. The van der Waals surface area contributed by atoms with E-state index in [4.69, 9.17) is 11.6 Å². The van der Waals surface area contributed by atoms with Crippen LogP contribution in [0.2, 0.25) is 5.28 Å². The molecule has 1 N–H and O–H groups in total. The summed E-state index contributed by atoms with van der Waals surface area (Å²) in [6.07, 6.45) is -0.425. The number of hydrogen-bond donors (Lipinski definition) is 1. The zero-order valence-electron chi connectivity index (χ0n) is 14.5. The molecule has 25 heavy (non-hydrogen) atoms. The van der Waals surface area contributed by atoms with E-state index in [1.165, 1.54) is 0 Å². The van der Waals surface area contributed by atoms with Crippen LogP contribution in [-0.2, 0) is 4.79 Å². The predicted molar refractivity (Wildman–Crippen MR) is 98.8 cm³/mol. The molecule has 1 aliphatic heterocycles. The summed E-state index contributed by atoms with van der Waals surface area (Å²) in [5.41, 5.74) is 0.809. The molecule has 0 saturated carbocycles. The Balaban J connectivity index is 1.72. The summed E-state index contributed by atoms with van der Waals surface area (Å²) >= 11 is 6.07. The Kier molecular flexibility index (Phi) is 5.39. The molecular weight excluding hydrogens is 340 g/mol. The van der Waals surface area contributed by atoms with Gasteiger partial charge >= 0.3 is 0 Å². The van der Waals surface area contributed by atoms with Gasteiger partial charge in [-0.05, 0) is 36.1 Å². The lowest BCUT2D eigenvalue weighted by molar-refractivity contribution is -0.141. The van der Waals surface area contributed by atoms with Crippen molar-refractivity contribution in [1.82, 2.24) is 14.9 Å². The molecule has 1 fully saturated rings. The Morgan fingerprint density at radius 3 is 2.56 bits per heavy atom. The predicted octanol–water partition coefficient (Wildman–Crippen LogP) is 2.34. The van der Waals surface area contributed by atoms with Crippen molar-refractivity contribution in [3.63, 3.8) is 0 Å². The van der Waals surface area contributed by atoms with Crippen LogP contribution in [0.15, 0.2) is 24.3 Å². The topological polar surface area (TPSA) is 69.6 Å². The van der Waals surface area contributed by atoms with Gasteiger partial charge in [0.05, 0.1) is 5.52 Å². The highest BCUT2D eigenvalue weighted by Crippen LogP contribution is 2.26. The first-order chi connectivity index (χ1) is 12.0. The second-order valence-corrected chi connectivity index (χ2v) is 7.13. The van der Waals surface area contributed by atoms with Gasteiger partial charge in [-0.15, -0.1) is 0 Å². The van der Waals surface area contributed by atoms with Gasteiger partial charge in [0.25, 0.3) is 5.91 Å². The van der Waals surface area contributed by atoms with Crippen LogP contribution in [0.5, 0.6) is 0 Å². The van der Waals surface area contributed by atoms with Gasteiger partial charge in [-0.3, -0.25) is 4.79 Å². The molecule has 1 aliphatic rings. The molecule has 7 heteroatoms. The second-order valence-electron chi connectivity index (χ2n) is 6.79. The summed E-state index contributed by atoms with van der Waals surface area (Å²) in [6, 6.07) is 7.76. The minimum absolute atomic E-state index is 0.182. The van der Waals surface area contributed by atoms with Crippen LogP contribution in [0.3, 0.4) is 0 Å². The fourth-order valence-corrected chi connectivity index (χ4v) is 3.34. The number of halogens is 1. The number of hydrogen-bond acceptors (Lipinski definition) is 5. The van der Waals surface area contributed by atoms with Gasteiger partial charge in [-0.1, -0.05) is 26.0 Å². The molecule has 0 bridgehead atoms. The van der Waals surface area contributed by atoms with Crippen LogP contribution < -0.4 is 4.90 Å². The molecule has 0 unspecified atom stereocenters. The molecule has 1 saturated heterocycles. The Morgan fingerprint density at radius 1 is 1.20 bits per heavy atom. The summed E-state index contributed by atoms with van der Waals surface area (Å²) in [4.78, 5) is 24.9. The van der Waals surface area contributed by atoms with Crippen molar-refractivity contribution in [2.75, 3.05) is 31.1 Å². The monoisotopic (exact) mass is 362 g/mol. The molecule has 1 aromatic carbocycles. The number of aromatic nitrogens is 2. The molecule has 134 valence electrons. The van der Waals surface area contributed by atoms with Crippen LogP contribution >= 0.6 is 11.6 Å². The van der Waals surface area contributed by atoms with E-state index in [9.17, 15) is 9.90 Å². The van der Waals surface area contributed by atoms with E-state index in [0.717, 1.165) is 16.7 Å². The zero-order valence-corrected chi connectivity index (χ0v) is 15.3. The van der Waals surface area contributed by atoms with Crippen LogP contribution in [0.25, 0.3) is 10.9 Å². The fraction of sp³-hybridized carbons (Fsp3) is 0.500. The van der Waals surface area contributed by atoms with Crippen molar-refractivity contribution < 1.29 is 9.90 Å². The maximum Gasteiger partial charge on any atom is 0.251 e. The Labute approximate surface area is 152 Å². The van der Waals surface area contributed by atoms with E-state index < -0.39 is 6.10 Å². The quantitative estimate of drug-likeness (QED) is 0.845. The van der Waals surface area contributed by atoms with Gasteiger partial charge in [-0.25, -0.2) is 4.98 Å². The van der Waals surface area contributed by atoms with E-state index in [2.05, 4.69) is 14.9 Å². The molecule has 1 aromatic heterocycles. The molecule has 2 aromatic rings. The third-order valence-corrected chi connectivity index (χ3v) is 4.60. The molecule has 6 nitrogen and oxygen atoms in total. The molecule has 1 amide bonds. The largest absolute Gasteiger partial charge is 0.383 e. The van der Waals surface area contributed by atoms with Crippen molar-refractivity contribution in [2.45, 2.75) is 26.4 Å². The summed E-state index contributed by atoms with van der Waals surface area (Å²) in [5.74, 6) is 0.902. The Bertz CT molecular complexity index is 760. The number of para-hydroxylation sites is 1. The number of aliphatic hydroxyl groups is 1. The van der Waals surface area contributed by atoms with Crippen LogP contribution in [0.4, 0.5) is 5.82 Å². The number of aliphatic hydroxyl groups excluding tert-OH is 1. The first kappa shape index (κ1) is 17.9. The number of anilines is 1. The van der Waals surface area contributed by atoms with Gasteiger partial charge in [0, 0.05) is 31.6 Å². The highest BCUT2D eigenvalue weighted by Gasteiger charge is 2.27. The maximum absolute atomic E-state index is 12.4. The first-order valence-electron chi connectivity index (χ1n) is 8.60. The number of nitrogens with zero attached hydrogens (tertiary/aromatic N) is 4. The number of piperazine rings is 1. The lowest BCUT2D eigenvalue weighted by Gasteiger charge is -2.36. The number of carbonyl (C=O) groups excluding carboxylic acids is 1. The lowest BCUT2D eigenvalue weighted by atomic mass is 10.0. The summed E-state index contributed by atoms with van der Waals surface area (Å²) in [6.45, 7) is 6.42. The van der Waals surface area contributed by atoms with Crippen molar-refractivity contribution in [2.24, 2.45) is 5.92 Å². The maximum atomic E-state index is 12.4. The molecular formula is C18H23ClN4O2. The molecule has 0 spiro atoms. The SMILES string of the molecule is CC(C)C[C@@H](O)C(=O)N1CCN(c2nc(Cl)nc3ccccc23)CC1. The van der Waals surface area contributed by atoms with Gasteiger partial charge in [0.1, 0.15) is 11.9 Å². The van der Waals surface area contributed by atoms with E-state index in [1.807, 2.05) is 38.1 Å². The molecule has 0 radical (unpaired) electrons. The Hall–Kier alpha value is -1.92. The van der Waals surface area contributed by atoms with Crippen LogP contribution in [0, 0.1) is 5.92 Å². The van der Waals surface area contributed by atoms with E-state index >= 15 is 0 Å². The molecule has 2 heterocycles. The van der Waals surface area contributed by atoms with Gasteiger partial charge in [0.2, 0.25) is 5.28 Å². The van der Waals surface area contributed by atoms with Crippen LogP contribution in [-0.4, -0.2) is 58.2 Å². The van der Waals surface area contributed by atoms with E-state index in [1.54, 1.807) is 4.90 Å². The minimum Gasteiger partial charge on any atom is -0.383 e. The highest BCUT2D eigenvalue weighted by atomic mass is 35.5. The van der Waals surface area contributed by atoms with Crippen molar-refractivity contribution in [3.05, 3.63) is 29.5 Å². The van der Waals surface area contributed by atoms with Crippen molar-refractivity contribution in [3.8, 4) is 0 Å². The Morgan fingerprint density at radius 2 is 1.88 bits per heavy atom. The fourth-order valence-electron chi connectivity index (χ4n) is 3.17. The normalized spacial score (nSPS) is 16.5. The zero-order chi connectivity index (χ0) is 18.0. The first-order valence-corrected chi connectivity index (χ1v) is 8.97. The standard InChI is InChI=1S/C18H23ClN4O2/c1-12(2)11-15(24)17(25)23-9-7-22(8-10-23)16-13-5-3-4-6-14(13)20-18(19)21-16/h3-6,12,15,24H,7-11H2,1-2H3/t15-/m1/s1. The minimum atomic E-state index is -0.916. The third kappa shape index (κ3) is 4.02. The smallest absolute Gasteiger partial charge is 0.251 e. The number of benzene rings is 1. The number of carbonyl (C=O) groups is 1. The van der Waals surface area contributed by atoms with E-state index in [-0.39, 0.29) is 17.1 Å². The van der Waals surface area contributed by atoms with Gasteiger partial charge in [0.15, 0.2) is 0 Å². The van der Waals surface area contributed by atoms with Gasteiger partial charge in [-0.2, -0.15) is 4.98 Å². The number of amides is 1. The van der Waals surface area contributed by atoms with Crippen LogP contribution in [0.1, 0.15) is 20.3 Å². The number of fused-ring (bicyclic) bond motifs is 1. The van der Waals surface area contributed by atoms with E-state index in [0.29, 0.717) is 32.6 Å². The molecule has 1 atom stereocenters.